The van der Waals surface area contributed by atoms with Crippen LogP contribution in [0.5, 0.6) is 0 Å². The van der Waals surface area contributed by atoms with Crippen LogP contribution in [0.2, 0.25) is 0 Å². The van der Waals surface area contributed by atoms with Gasteiger partial charge in [-0.2, -0.15) is 0 Å². The van der Waals surface area contributed by atoms with Gasteiger partial charge in [-0.05, 0) is 31.5 Å². The van der Waals surface area contributed by atoms with Crippen molar-refractivity contribution in [1.82, 2.24) is 9.80 Å². The lowest BCUT2D eigenvalue weighted by atomic mass is 9.54. The highest BCUT2D eigenvalue weighted by Crippen LogP contribution is 2.50. The second kappa shape index (κ2) is 9.25. The minimum absolute atomic E-state index is 0. The Balaban J connectivity index is 0.00000392. The van der Waals surface area contributed by atoms with E-state index < -0.39 is 11.0 Å². The van der Waals surface area contributed by atoms with E-state index >= 15 is 0 Å². The molecule has 2 atom stereocenters. The topological polar surface area (TPSA) is 75.9 Å². The van der Waals surface area contributed by atoms with Crippen molar-refractivity contribution in [3.05, 3.63) is 35.4 Å². The van der Waals surface area contributed by atoms with Gasteiger partial charge >= 0.3 is 0 Å². The minimum Gasteiger partial charge on any atom is -0.378 e. The zero-order valence-electron chi connectivity index (χ0n) is 17.8. The molecule has 1 aromatic carbocycles. The molecule has 2 N–H and O–H groups in total. The number of nitrogens with zero attached hydrogens (tertiary/aromatic N) is 2. The van der Waals surface area contributed by atoms with E-state index in [4.69, 9.17) is 10.5 Å². The lowest BCUT2D eigenvalue weighted by Crippen LogP contribution is -2.76. The fourth-order valence-corrected chi connectivity index (χ4v) is 3.64. The first kappa shape index (κ1) is 24.4. The van der Waals surface area contributed by atoms with Gasteiger partial charge in [0.2, 0.25) is 5.91 Å². The molecule has 1 aromatic rings. The molecule has 6 nitrogen and oxygen atoms in total. The van der Waals surface area contributed by atoms with Gasteiger partial charge in [0.1, 0.15) is 5.54 Å². The lowest BCUT2D eigenvalue weighted by molar-refractivity contribution is -0.179. The summed E-state index contributed by atoms with van der Waals surface area (Å²) >= 11 is 0. The number of hydrogen-bond acceptors (Lipinski definition) is 4. The van der Waals surface area contributed by atoms with Crippen molar-refractivity contribution in [2.75, 3.05) is 27.2 Å². The van der Waals surface area contributed by atoms with Crippen LogP contribution >= 0.6 is 12.4 Å². The van der Waals surface area contributed by atoms with E-state index in [1.54, 1.807) is 36.0 Å². The number of carbonyl (C=O) groups is 2. The zero-order chi connectivity index (χ0) is 20.4. The first-order valence-corrected chi connectivity index (χ1v) is 9.59. The lowest BCUT2D eigenvalue weighted by Gasteiger charge is -2.58. The Labute approximate surface area is 174 Å². The molecule has 2 amide bonds. The number of halogens is 1. The van der Waals surface area contributed by atoms with Gasteiger partial charge in [-0.15, -0.1) is 12.4 Å². The van der Waals surface area contributed by atoms with Crippen molar-refractivity contribution in [2.24, 2.45) is 11.1 Å². The van der Waals surface area contributed by atoms with Crippen molar-refractivity contribution in [2.45, 2.75) is 52.3 Å². The maximum absolute atomic E-state index is 13.2. The Morgan fingerprint density at radius 2 is 1.75 bits per heavy atom. The molecule has 7 heteroatoms. The molecule has 1 saturated carbocycles. The molecule has 0 aliphatic heterocycles. The smallest absolute Gasteiger partial charge is 0.253 e. The van der Waals surface area contributed by atoms with Crippen LogP contribution < -0.4 is 5.73 Å². The van der Waals surface area contributed by atoms with Crippen molar-refractivity contribution in [1.29, 1.82) is 0 Å². The fourth-order valence-electron chi connectivity index (χ4n) is 3.64. The van der Waals surface area contributed by atoms with Crippen LogP contribution in [0.3, 0.4) is 0 Å². The summed E-state index contributed by atoms with van der Waals surface area (Å²) in [5, 5.41) is 0. The summed E-state index contributed by atoms with van der Waals surface area (Å²) in [6, 6.07) is 7.38. The number of amides is 2. The van der Waals surface area contributed by atoms with Crippen LogP contribution in [0.15, 0.2) is 24.3 Å². The van der Waals surface area contributed by atoms with E-state index in [1.165, 1.54) is 0 Å². The molecule has 1 aliphatic rings. The molecule has 2 unspecified atom stereocenters. The van der Waals surface area contributed by atoms with E-state index in [-0.39, 0.29) is 30.3 Å². The molecule has 28 heavy (non-hydrogen) atoms. The van der Waals surface area contributed by atoms with E-state index in [1.807, 2.05) is 39.8 Å². The second-order valence-corrected chi connectivity index (χ2v) is 8.06. The molecule has 1 aliphatic carbocycles. The van der Waals surface area contributed by atoms with Gasteiger partial charge in [0.25, 0.3) is 5.91 Å². The quantitative estimate of drug-likeness (QED) is 0.748. The summed E-state index contributed by atoms with van der Waals surface area (Å²) in [4.78, 5) is 28.5. The summed E-state index contributed by atoms with van der Waals surface area (Å²) in [6.07, 6.45) is 0.547. The first-order valence-electron chi connectivity index (χ1n) is 9.59. The molecule has 158 valence electrons. The molecule has 0 bridgehead atoms. The molecule has 2 rings (SSSR count). The highest BCUT2D eigenvalue weighted by Gasteiger charge is 2.63. The molecule has 0 radical (unpaired) electrons. The molecular weight excluding hydrogens is 378 g/mol. The van der Waals surface area contributed by atoms with Gasteiger partial charge in [-0.25, -0.2) is 0 Å². The third kappa shape index (κ3) is 4.34. The number of nitrogens with two attached hydrogens (primary N) is 1. The summed E-state index contributed by atoms with van der Waals surface area (Å²) in [5.74, 6) is -0.0801. The zero-order valence-corrected chi connectivity index (χ0v) is 18.6. The standard InChI is InChI=1S/C21H33N3O3.ClH/c1-7-24(14-15-9-11-16(12-10-15)18(25)23(5)6)19(26)21(22)13-17(27-8-2)20(21,3)4;/h9-12,17H,7-8,13-14,22H2,1-6H3;1H. The highest BCUT2D eigenvalue weighted by molar-refractivity contribution is 5.94. The van der Waals surface area contributed by atoms with Gasteiger partial charge in [0.05, 0.1) is 6.10 Å². The summed E-state index contributed by atoms with van der Waals surface area (Å²) in [5.41, 5.74) is 6.84. The largest absolute Gasteiger partial charge is 0.378 e. The third-order valence-electron chi connectivity index (χ3n) is 5.86. The molecular formula is C21H34ClN3O3. The molecule has 0 aromatic heterocycles. The van der Waals surface area contributed by atoms with Crippen LogP contribution in [-0.4, -0.2) is 60.5 Å². The maximum Gasteiger partial charge on any atom is 0.253 e. The summed E-state index contributed by atoms with van der Waals surface area (Å²) in [7, 11) is 3.45. The minimum atomic E-state index is -0.913. The van der Waals surface area contributed by atoms with E-state index in [9.17, 15) is 9.59 Å². The van der Waals surface area contributed by atoms with Crippen LogP contribution in [0.1, 0.15) is 50.0 Å². The third-order valence-corrected chi connectivity index (χ3v) is 5.86. The van der Waals surface area contributed by atoms with Gasteiger partial charge in [-0.1, -0.05) is 26.0 Å². The number of likely N-dealkylation sites (N-methyl/N-ethyl adjacent to an activating group) is 1. The highest BCUT2D eigenvalue weighted by atomic mass is 35.5. The Bertz CT molecular complexity index is 691. The van der Waals surface area contributed by atoms with Gasteiger partial charge in [0, 0.05) is 51.2 Å². The Morgan fingerprint density at radius 1 is 1.18 bits per heavy atom. The average Bonchev–Trinajstić information content (AvgIpc) is 2.64. The second-order valence-electron chi connectivity index (χ2n) is 8.06. The predicted octanol–water partition coefficient (Wildman–Crippen LogP) is 2.69. The molecule has 0 heterocycles. The van der Waals surface area contributed by atoms with Crippen LogP contribution in [-0.2, 0) is 16.1 Å². The number of hydrogen-bond donors (Lipinski definition) is 1. The Kier molecular flexibility index (Phi) is 8.06. The molecule has 0 saturated heterocycles. The van der Waals surface area contributed by atoms with Gasteiger partial charge in [0.15, 0.2) is 0 Å². The average molecular weight is 412 g/mol. The number of rotatable bonds is 7. The Hall–Kier alpha value is -1.63. The first-order chi connectivity index (χ1) is 12.6. The van der Waals surface area contributed by atoms with E-state index in [2.05, 4.69) is 0 Å². The number of benzene rings is 1. The van der Waals surface area contributed by atoms with E-state index in [0.717, 1.165) is 5.56 Å². The fraction of sp³-hybridized carbons (Fsp3) is 0.619. The monoisotopic (exact) mass is 411 g/mol. The maximum atomic E-state index is 13.2. The van der Waals surface area contributed by atoms with Crippen molar-refractivity contribution in [3.63, 3.8) is 0 Å². The van der Waals surface area contributed by atoms with E-state index in [0.29, 0.717) is 31.7 Å². The summed E-state index contributed by atoms with van der Waals surface area (Å²) in [6.45, 7) is 9.59. The van der Waals surface area contributed by atoms with Crippen molar-refractivity contribution < 1.29 is 14.3 Å². The number of ether oxygens (including phenoxy) is 1. The number of carbonyl (C=O) groups excluding carboxylic acids is 2. The summed E-state index contributed by atoms with van der Waals surface area (Å²) < 4.78 is 5.74. The van der Waals surface area contributed by atoms with Crippen molar-refractivity contribution in [3.8, 4) is 0 Å². The van der Waals surface area contributed by atoms with Crippen molar-refractivity contribution >= 4 is 24.2 Å². The molecule has 0 spiro atoms. The predicted molar refractivity (Wildman–Crippen MR) is 114 cm³/mol. The normalized spacial score (nSPS) is 22.6. The van der Waals surface area contributed by atoms with Crippen LogP contribution in [0, 0.1) is 5.41 Å². The van der Waals surface area contributed by atoms with Gasteiger partial charge < -0.3 is 20.3 Å². The molecule has 1 fully saturated rings. The van der Waals surface area contributed by atoms with Crippen LogP contribution in [0.4, 0.5) is 0 Å². The SMILES string of the molecule is CCOC1CC(N)(C(=O)N(CC)Cc2ccc(C(=O)N(C)C)cc2)C1(C)C.Cl. The van der Waals surface area contributed by atoms with Gasteiger partial charge in [-0.3, -0.25) is 9.59 Å². The van der Waals surface area contributed by atoms with Crippen LogP contribution in [0.25, 0.3) is 0 Å². The Morgan fingerprint density at radius 3 is 2.18 bits per heavy atom.